The minimum atomic E-state index is -1.03. The van der Waals surface area contributed by atoms with Crippen LogP contribution in [0.25, 0.3) is 0 Å². The number of hydrogen-bond donors (Lipinski definition) is 3. The Bertz CT molecular complexity index is 438. The van der Waals surface area contributed by atoms with E-state index in [9.17, 15) is 14.3 Å². The van der Waals surface area contributed by atoms with Gasteiger partial charge in [-0.25, -0.2) is 4.39 Å². The Balaban J connectivity index is 1.99. The number of nitrogens with two attached hydrogens (primary N) is 1. The zero-order valence-electron chi connectivity index (χ0n) is 9.78. The SMILES string of the molecule is Nc1cc(F)cc(C(=O)NCC2(O)CCOC2)c1. The van der Waals surface area contributed by atoms with Crippen molar-refractivity contribution in [2.45, 2.75) is 12.0 Å². The number of anilines is 1. The molecule has 1 heterocycles. The Morgan fingerprint density at radius 3 is 2.94 bits per heavy atom. The van der Waals surface area contributed by atoms with Gasteiger partial charge < -0.3 is 20.9 Å². The molecule has 1 amide bonds. The maximum atomic E-state index is 13.1. The summed E-state index contributed by atoms with van der Waals surface area (Å²) in [5.41, 5.74) is 4.74. The minimum Gasteiger partial charge on any atom is -0.399 e. The lowest BCUT2D eigenvalue weighted by Gasteiger charge is -2.20. The van der Waals surface area contributed by atoms with Gasteiger partial charge in [-0.15, -0.1) is 0 Å². The van der Waals surface area contributed by atoms with E-state index in [0.717, 1.165) is 12.1 Å². The Hall–Kier alpha value is -1.66. The van der Waals surface area contributed by atoms with Crippen molar-refractivity contribution in [3.63, 3.8) is 0 Å². The van der Waals surface area contributed by atoms with Gasteiger partial charge in [0.1, 0.15) is 11.4 Å². The molecule has 18 heavy (non-hydrogen) atoms. The Morgan fingerprint density at radius 1 is 1.56 bits per heavy atom. The lowest BCUT2D eigenvalue weighted by Crippen LogP contribution is -2.43. The van der Waals surface area contributed by atoms with Crippen LogP contribution in [-0.2, 0) is 4.74 Å². The highest BCUT2D eigenvalue weighted by Crippen LogP contribution is 2.17. The van der Waals surface area contributed by atoms with Gasteiger partial charge in [0.15, 0.2) is 0 Å². The predicted molar refractivity (Wildman–Crippen MR) is 63.5 cm³/mol. The van der Waals surface area contributed by atoms with E-state index in [0.29, 0.717) is 13.0 Å². The molecule has 6 heteroatoms. The average Bonchev–Trinajstić information content (AvgIpc) is 2.72. The third kappa shape index (κ3) is 2.96. The number of aliphatic hydroxyl groups is 1. The van der Waals surface area contributed by atoms with Crippen LogP contribution in [0.2, 0.25) is 0 Å². The molecule has 0 bridgehead atoms. The van der Waals surface area contributed by atoms with E-state index in [-0.39, 0.29) is 24.4 Å². The van der Waals surface area contributed by atoms with Crippen LogP contribution >= 0.6 is 0 Å². The first-order valence-electron chi connectivity index (χ1n) is 5.63. The molecule has 0 saturated carbocycles. The molecule has 1 unspecified atom stereocenters. The second-order valence-electron chi connectivity index (χ2n) is 4.48. The van der Waals surface area contributed by atoms with Gasteiger partial charge >= 0.3 is 0 Å². The largest absolute Gasteiger partial charge is 0.399 e. The van der Waals surface area contributed by atoms with Crippen LogP contribution in [-0.4, -0.2) is 36.4 Å². The first-order valence-corrected chi connectivity index (χ1v) is 5.63. The van der Waals surface area contributed by atoms with Crippen LogP contribution < -0.4 is 11.1 Å². The number of nitrogen functional groups attached to an aromatic ring is 1. The van der Waals surface area contributed by atoms with Gasteiger partial charge in [-0.3, -0.25) is 4.79 Å². The summed E-state index contributed by atoms with van der Waals surface area (Å²) in [5, 5.41) is 12.5. The summed E-state index contributed by atoms with van der Waals surface area (Å²) in [4.78, 5) is 11.8. The highest BCUT2D eigenvalue weighted by Gasteiger charge is 2.32. The van der Waals surface area contributed by atoms with E-state index in [1.165, 1.54) is 6.07 Å². The molecule has 98 valence electrons. The number of ether oxygens (including phenoxy) is 1. The summed E-state index contributed by atoms with van der Waals surface area (Å²) in [6.07, 6.45) is 0.471. The molecule has 0 radical (unpaired) electrons. The van der Waals surface area contributed by atoms with Crippen LogP contribution in [0.4, 0.5) is 10.1 Å². The molecule has 0 spiro atoms. The zero-order chi connectivity index (χ0) is 13.2. The molecule has 2 rings (SSSR count). The second-order valence-corrected chi connectivity index (χ2v) is 4.48. The summed E-state index contributed by atoms with van der Waals surface area (Å²) in [6.45, 7) is 0.736. The molecule has 1 aromatic rings. The fourth-order valence-corrected chi connectivity index (χ4v) is 1.83. The predicted octanol–water partition coefficient (Wildman–Crippen LogP) is 0.289. The van der Waals surface area contributed by atoms with Crippen molar-refractivity contribution in [1.82, 2.24) is 5.32 Å². The van der Waals surface area contributed by atoms with Gasteiger partial charge in [0.05, 0.1) is 6.61 Å². The molecular formula is C12H15FN2O3. The van der Waals surface area contributed by atoms with Gasteiger partial charge in [0.2, 0.25) is 0 Å². The lowest BCUT2D eigenvalue weighted by molar-refractivity contribution is 0.0264. The standard InChI is InChI=1S/C12H15FN2O3/c13-9-3-8(4-10(14)5-9)11(16)15-6-12(17)1-2-18-7-12/h3-5,17H,1-2,6-7,14H2,(H,15,16). The molecule has 4 N–H and O–H groups in total. The Kier molecular flexibility index (Phi) is 3.49. The van der Waals surface area contributed by atoms with Crippen molar-refractivity contribution in [2.24, 2.45) is 0 Å². The zero-order valence-corrected chi connectivity index (χ0v) is 9.78. The third-order valence-electron chi connectivity index (χ3n) is 2.84. The van der Waals surface area contributed by atoms with E-state index in [2.05, 4.69) is 5.32 Å². The molecule has 1 aliphatic rings. The first kappa shape index (κ1) is 12.8. The molecule has 1 aliphatic heterocycles. The normalized spacial score (nSPS) is 23.0. The highest BCUT2D eigenvalue weighted by molar-refractivity contribution is 5.95. The van der Waals surface area contributed by atoms with Crippen LogP contribution in [0.5, 0.6) is 0 Å². The number of benzene rings is 1. The number of amides is 1. The van der Waals surface area contributed by atoms with Gasteiger partial charge in [0.25, 0.3) is 5.91 Å². The number of carbonyl (C=O) groups is 1. The number of rotatable bonds is 3. The lowest BCUT2D eigenvalue weighted by atomic mass is 10.0. The van der Waals surface area contributed by atoms with Crippen LogP contribution in [0.15, 0.2) is 18.2 Å². The summed E-state index contributed by atoms with van der Waals surface area (Å²) < 4.78 is 18.1. The van der Waals surface area contributed by atoms with E-state index < -0.39 is 17.3 Å². The number of nitrogens with one attached hydrogen (secondary N) is 1. The number of carbonyl (C=O) groups excluding carboxylic acids is 1. The highest BCUT2D eigenvalue weighted by atomic mass is 19.1. The van der Waals surface area contributed by atoms with E-state index >= 15 is 0 Å². The van der Waals surface area contributed by atoms with Crippen molar-refractivity contribution in [3.8, 4) is 0 Å². The maximum Gasteiger partial charge on any atom is 0.251 e. The monoisotopic (exact) mass is 254 g/mol. The van der Waals surface area contributed by atoms with Crippen LogP contribution in [0, 0.1) is 5.82 Å². The maximum absolute atomic E-state index is 13.1. The number of hydrogen-bond acceptors (Lipinski definition) is 4. The van der Waals surface area contributed by atoms with Crippen molar-refractivity contribution in [1.29, 1.82) is 0 Å². The van der Waals surface area contributed by atoms with Gasteiger partial charge in [-0.05, 0) is 18.2 Å². The van der Waals surface area contributed by atoms with Crippen LogP contribution in [0.3, 0.4) is 0 Å². The topological polar surface area (TPSA) is 84.6 Å². The smallest absolute Gasteiger partial charge is 0.251 e. The molecule has 0 aromatic heterocycles. The summed E-state index contributed by atoms with van der Waals surface area (Å²) in [7, 11) is 0. The van der Waals surface area contributed by atoms with Crippen LogP contribution in [0.1, 0.15) is 16.8 Å². The fraction of sp³-hybridized carbons (Fsp3) is 0.417. The quantitative estimate of drug-likeness (QED) is 0.677. The summed E-state index contributed by atoms with van der Waals surface area (Å²) in [5.74, 6) is -1.04. The van der Waals surface area contributed by atoms with Gasteiger partial charge in [-0.1, -0.05) is 0 Å². The molecule has 1 aromatic carbocycles. The third-order valence-corrected chi connectivity index (χ3v) is 2.84. The van der Waals surface area contributed by atoms with Gasteiger partial charge in [-0.2, -0.15) is 0 Å². The molecule has 0 aliphatic carbocycles. The Morgan fingerprint density at radius 2 is 2.33 bits per heavy atom. The molecule has 1 saturated heterocycles. The van der Waals surface area contributed by atoms with E-state index in [1.54, 1.807) is 0 Å². The van der Waals surface area contributed by atoms with Crippen molar-refractivity contribution < 1.29 is 19.0 Å². The second kappa shape index (κ2) is 4.91. The number of halogens is 1. The molecule has 1 atom stereocenters. The minimum absolute atomic E-state index is 0.0717. The van der Waals surface area contributed by atoms with Gasteiger partial charge in [0, 0.05) is 30.8 Å². The van der Waals surface area contributed by atoms with Crippen molar-refractivity contribution in [2.75, 3.05) is 25.5 Å². The first-order chi connectivity index (χ1) is 8.48. The average molecular weight is 254 g/mol. The van der Waals surface area contributed by atoms with E-state index in [4.69, 9.17) is 10.5 Å². The van der Waals surface area contributed by atoms with Crippen molar-refractivity contribution in [3.05, 3.63) is 29.6 Å². The summed E-state index contributed by atoms with van der Waals surface area (Å²) >= 11 is 0. The fourth-order valence-electron chi connectivity index (χ4n) is 1.83. The molecule has 5 nitrogen and oxygen atoms in total. The molecular weight excluding hydrogens is 239 g/mol. The summed E-state index contributed by atoms with van der Waals surface area (Å²) in [6, 6.07) is 3.61. The van der Waals surface area contributed by atoms with Crippen molar-refractivity contribution >= 4 is 11.6 Å². The van der Waals surface area contributed by atoms with E-state index in [1.807, 2.05) is 0 Å². The molecule has 1 fully saturated rings. The Labute approximate surface area is 104 Å².